The van der Waals surface area contributed by atoms with Crippen LogP contribution in [0.1, 0.15) is 22.9 Å². The van der Waals surface area contributed by atoms with Crippen LogP contribution < -0.4 is 10.6 Å². The predicted molar refractivity (Wildman–Crippen MR) is 93.9 cm³/mol. The van der Waals surface area contributed by atoms with E-state index in [1.54, 1.807) is 11.7 Å². The summed E-state index contributed by atoms with van der Waals surface area (Å²) in [5.74, 6) is 0. The molecule has 2 amide bonds. The fraction of sp³-hybridized carbons (Fsp3) is 0.176. The number of carbonyl (C=O) groups is 1. The largest absolute Gasteiger partial charge is 0.329 e. The minimum absolute atomic E-state index is 0.234. The zero-order valence-electron chi connectivity index (χ0n) is 13.1. The predicted octanol–water partition coefficient (Wildman–Crippen LogP) is 3.35. The molecule has 0 aliphatic rings. The Morgan fingerprint density at radius 1 is 1.21 bits per heavy atom. The average molecular weight is 339 g/mol. The maximum atomic E-state index is 12.2. The van der Waals surface area contributed by atoms with Crippen LogP contribution in [-0.4, -0.2) is 21.2 Å². The number of hydrogen-bond donors (Lipinski definition) is 2. The van der Waals surface area contributed by atoms with Crippen LogP contribution >= 0.6 is 11.3 Å². The van der Waals surface area contributed by atoms with Crippen molar-refractivity contribution in [3.8, 4) is 0 Å². The summed E-state index contributed by atoms with van der Waals surface area (Å²) < 4.78 is 0. The molecule has 0 aliphatic carbocycles. The third-order valence-electron chi connectivity index (χ3n) is 3.49. The number of benzene rings is 1. The van der Waals surface area contributed by atoms with Crippen molar-refractivity contribution in [2.45, 2.75) is 19.4 Å². The number of hydrogen-bond acceptors (Lipinski definition) is 5. The number of amides is 2. The van der Waals surface area contributed by atoms with Crippen LogP contribution in [0.15, 0.2) is 54.2 Å². The number of aromatic nitrogens is 3. The number of nitrogens with zero attached hydrogens (tertiary/aromatic N) is 3. The van der Waals surface area contributed by atoms with Gasteiger partial charge in [0.25, 0.3) is 0 Å². The summed E-state index contributed by atoms with van der Waals surface area (Å²) in [4.78, 5) is 16.6. The lowest BCUT2D eigenvalue weighted by Gasteiger charge is -2.18. The molecule has 122 valence electrons. The molecule has 3 aromatic rings. The number of carbonyl (C=O) groups excluding carboxylic acids is 1. The molecule has 24 heavy (non-hydrogen) atoms. The number of rotatable bonds is 5. The van der Waals surface area contributed by atoms with Gasteiger partial charge < -0.3 is 5.32 Å². The van der Waals surface area contributed by atoms with Crippen LogP contribution in [0.3, 0.4) is 0 Å². The van der Waals surface area contributed by atoms with Crippen molar-refractivity contribution in [1.29, 1.82) is 0 Å². The summed E-state index contributed by atoms with van der Waals surface area (Å²) in [7, 11) is 0. The number of nitrogens with one attached hydrogen (secondary N) is 2. The molecule has 2 heterocycles. The molecular weight excluding hydrogens is 322 g/mol. The molecule has 0 saturated carbocycles. The molecule has 6 nitrogen and oxygen atoms in total. The summed E-state index contributed by atoms with van der Waals surface area (Å²) in [6.45, 7) is 2.05. The molecule has 7 heteroatoms. The van der Waals surface area contributed by atoms with Gasteiger partial charge in [0.05, 0.1) is 11.7 Å². The Kier molecular flexibility index (Phi) is 5.12. The van der Waals surface area contributed by atoms with Crippen LogP contribution in [-0.2, 0) is 6.42 Å². The molecule has 1 atom stereocenters. The minimum Gasteiger partial charge on any atom is -0.329 e. The van der Waals surface area contributed by atoms with E-state index in [0.29, 0.717) is 11.6 Å². The first-order valence-electron chi connectivity index (χ1n) is 7.51. The summed E-state index contributed by atoms with van der Waals surface area (Å²) in [5.41, 5.74) is 4.71. The third-order valence-corrected chi connectivity index (χ3v) is 4.10. The van der Waals surface area contributed by atoms with Crippen molar-refractivity contribution in [1.82, 2.24) is 20.5 Å². The maximum absolute atomic E-state index is 12.2. The lowest BCUT2D eigenvalue weighted by Crippen LogP contribution is -2.34. The van der Waals surface area contributed by atoms with Gasteiger partial charge in [-0.3, -0.25) is 10.3 Å². The van der Waals surface area contributed by atoms with Crippen molar-refractivity contribution in [2.75, 3.05) is 5.32 Å². The Morgan fingerprint density at radius 3 is 2.71 bits per heavy atom. The molecule has 0 bridgehead atoms. The van der Waals surface area contributed by atoms with Crippen molar-refractivity contribution >= 4 is 22.5 Å². The normalized spacial score (nSPS) is 11.7. The molecule has 0 radical (unpaired) electrons. The summed E-state index contributed by atoms with van der Waals surface area (Å²) in [6.07, 6.45) is 2.38. The fourth-order valence-corrected chi connectivity index (χ4v) is 2.73. The second kappa shape index (κ2) is 7.65. The van der Waals surface area contributed by atoms with Crippen molar-refractivity contribution < 1.29 is 4.79 Å². The van der Waals surface area contributed by atoms with Gasteiger partial charge in [-0.2, -0.15) is 0 Å². The van der Waals surface area contributed by atoms with Crippen LogP contribution in [0.4, 0.5) is 9.93 Å². The van der Waals surface area contributed by atoms with E-state index in [1.807, 2.05) is 25.1 Å². The molecule has 2 N–H and O–H groups in total. The van der Waals surface area contributed by atoms with Crippen LogP contribution in [0.5, 0.6) is 0 Å². The van der Waals surface area contributed by atoms with E-state index in [1.165, 1.54) is 16.9 Å². The SMILES string of the molecule is Cc1ccc(C[C@@H](NC(=O)Nc2nncs2)c2ccccn2)cc1. The van der Waals surface area contributed by atoms with Gasteiger partial charge in [-0.25, -0.2) is 4.79 Å². The van der Waals surface area contributed by atoms with Gasteiger partial charge in [0, 0.05) is 6.20 Å². The topological polar surface area (TPSA) is 79.8 Å². The average Bonchev–Trinajstić information content (AvgIpc) is 3.10. The number of anilines is 1. The highest BCUT2D eigenvalue weighted by molar-refractivity contribution is 7.13. The Labute approximate surface area is 144 Å². The van der Waals surface area contributed by atoms with Crippen molar-refractivity contribution in [2.24, 2.45) is 0 Å². The monoisotopic (exact) mass is 339 g/mol. The molecule has 1 aromatic carbocycles. The molecular formula is C17H17N5OS. The third kappa shape index (κ3) is 4.36. The van der Waals surface area contributed by atoms with Gasteiger partial charge >= 0.3 is 6.03 Å². The highest BCUT2D eigenvalue weighted by Gasteiger charge is 2.17. The summed E-state index contributed by atoms with van der Waals surface area (Å²) in [5, 5.41) is 13.6. The van der Waals surface area contributed by atoms with Gasteiger partial charge in [0.15, 0.2) is 0 Å². The molecule has 0 unspecified atom stereocenters. The summed E-state index contributed by atoms with van der Waals surface area (Å²) >= 11 is 1.27. The zero-order chi connectivity index (χ0) is 16.8. The molecule has 0 spiro atoms. The highest BCUT2D eigenvalue weighted by atomic mass is 32.1. The van der Waals surface area contributed by atoms with Gasteiger partial charge in [-0.05, 0) is 31.0 Å². The number of pyridine rings is 1. The first-order chi connectivity index (χ1) is 11.7. The Balaban J connectivity index is 1.74. The highest BCUT2D eigenvalue weighted by Crippen LogP contribution is 2.18. The van der Waals surface area contributed by atoms with E-state index in [-0.39, 0.29) is 12.1 Å². The molecule has 3 rings (SSSR count). The first-order valence-corrected chi connectivity index (χ1v) is 8.39. The fourth-order valence-electron chi connectivity index (χ4n) is 2.29. The molecule has 0 saturated heterocycles. The zero-order valence-corrected chi connectivity index (χ0v) is 14.0. The second-order valence-corrected chi connectivity index (χ2v) is 6.17. The van der Waals surface area contributed by atoms with Gasteiger partial charge in [-0.15, -0.1) is 10.2 Å². The standard InChI is InChI=1S/C17H17N5OS/c1-12-5-7-13(8-6-12)10-15(14-4-2-3-9-18-14)20-16(23)21-17-22-19-11-24-17/h2-9,11,15H,10H2,1H3,(H2,20,21,22,23)/t15-/m1/s1. The lowest BCUT2D eigenvalue weighted by molar-refractivity contribution is 0.248. The van der Waals surface area contributed by atoms with E-state index in [2.05, 4.69) is 50.1 Å². The molecule has 0 fully saturated rings. The summed E-state index contributed by atoms with van der Waals surface area (Å²) in [6, 6.07) is 13.4. The van der Waals surface area contributed by atoms with Gasteiger partial charge in [0.2, 0.25) is 5.13 Å². The first kappa shape index (κ1) is 16.1. The second-order valence-electron chi connectivity index (χ2n) is 5.34. The van der Waals surface area contributed by atoms with E-state index in [9.17, 15) is 4.79 Å². The van der Waals surface area contributed by atoms with Crippen molar-refractivity contribution in [3.63, 3.8) is 0 Å². The quantitative estimate of drug-likeness (QED) is 0.747. The molecule has 2 aromatic heterocycles. The minimum atomic E-state index is -0.325. The van der Waals surface area contributed by atoms with E-state index in [0.717, 1.165) is 11.3 Å². The number of urea groups is 1. The number of aryl methyl sites for hydroxylation is 1. The van der Waals surface area contributed by atoms with E-state index < -0.39 is 0 Å². The Bertz CT molecular complexity index is 775. The van der Waals surface area contributed by atoms with E-state index in [4.69, 9.17) is 0 Å². The van der Waals surface area contributed by atoms with Crippen LogP contribution in [0.25, 0.3) is 0 Å². The van der Waals surface area contributed by atoms with Crippen molar-refractivity contribution in [3.05, 3.63) is 71.0 Å². The lowest BCUT2D eigenvalue weighted by atomic mass is 10.0. The molecule has 0 aliphatic heterocycles. The Hall–Kier alpha value is -2.80. The Morgan fingerprint density at radius 2 is 2.04 bits per heavy atom. The van der Waals surface area contributed by atoms with E-state index >= 15 is 0 Å². The van der Waals surface area contributed by atoms with Crippen LogP contribution in [0.2, 0.25) is 0 Å². The smallest absolute Gasteiger partial charge is 0.321 e. The van der Waals surface area contributed by atoms with Gasteiger partial charge in [0.1, 0.15) is 5.51 Å². The van der Waals surface area contributed by atoms with Crippen LogP contribution in [0, 0.1) is 6.92 Å². The van der Waals surface area contributed by atoms with Gasteiger partial charge in [-0.1, -0.05) is 47.2 Å². The maximum Gasteiger partial charge on any atom is 0.321 e.